The Hall–Kier alpha value is -1.87. The Morgan fingerprint density at radius 1 is 1.05 bits per heavy atom. The van der Waals surface area contributed by atoms with Gasteiger partial charge in [0.2, 0.25) is 21.8 Å². The molecular weight excluding hydrogens is 282 g/mol. The van der Waals surface area contributed by atoms with Crippen LogP contribution in [0.5, 0.6) is 0 Å². The van der Waals surface area contributed by atoms with Crippen LogP contribution in [0.2, 0.25) is 0 Å². The van der Waals surface area contributed by atoms with Gasteiger partial charge in [-0.15, -0.1) is 0 Å². The van der Waals surface area contributed by atoms with Crippen molar-refractivity contribution in [2.24, 2.45) is 0 Å². The SMILES string of the molecule is O=C1CN(S(=O)(=O)c2c(F)cccc2F)CC(=O)N1. The van der Waals surface area contributed by atoms with Crippen LogP contribution in [0.3, 0.4) is 0 Å². The molecular formula is C10H8F2N2O4S. The van der Waals surface area contributed by atoms with Crippen molar-refractivity contribution in [1.82, 2.24) is 9.62 Å². The zero-order valence-corrected chi connectivity index (χ0v) is 10.2. The minimum Gasteiger partial charge on any atom is -0.294 e. The maximum atomic E-state index is 13.5. The van der Waals surface area contributed by atoms with Gasteiger partial charge in [-0.25, -0.2) is 17.2 Å². The van der Waals surface area contributed by atoms with Crippen molar-refractivity contribution in [3.05, 3.63) is 29.8 Å². The number of imide groups is 1. The van der Waals surface area contributed by atoms with Crippen LogP contribution in [0.15, 0.2) is 23.1 Å². The van der Waals surface area contributed by atoms with E-state index in [2.05, 4.69) is 0 Å². The lowest BCUT2D eigenvalue weighted by molar-refractivity contribution is -0.134. The van der Waals surface area contributed by atoms with Crippen LogP contribution in [0.25, 0.3) is 0 Å². The van der Waals surface area contributed by atoms with E-state index in [1.165, 1.54) is 0 Å². The van der Waals surface area contributed by atoms with Gasteiger partial charge in [0.25, 0.3) is 0 Å². The van der Waals surface area contributed by atoms with Crippen molar-refractivity contribution >= 4 is 21.8 Å². The first kappa shape index (κ1) is 13.6. The molecule has 1 heterocycles. The van der Waals surface area contributed by atoms with Gasteiger partial charge in [0.05, 0.1) is 13.1 Å². The lowest BCUT2D eigenvalue weighted by atomic mass is 10.3. The van der Waals surface area contributed by atoms with Crippen LogP contribution in [0, 0.1) is 11.6 Å². The second kappa shape index (κ2) is 4.67. The minimum atomic E-state index is -4.59. The molecule has 0 atom stereocenters. The van der Waals surface area contributed by atoms with Gasteiger partial charge < -0.3 is 0 Å². The third kappa shape index (κ3) is 2.47. The molecule has 0 spiro atoms. The molecule has 1 N–H and O–H groups in total. The Morgan fingerprint density at radius 3 is 2.00 bits per heavy atom. The fraction of sp³-hybridized carbons (Fsp3) is 0.200. The van der Waals surface area contributed by atoms with Gasteiger partial charge in [-0.3, -0.25) is 14.9 Å². The fourth-order valence-corrected chi connectivity index (χ4v) is 3.10. The van der Waals surface area contributed by atoms with Crippen molar-refractivity contribution in [2.75, 3.05) is 13.1 Å². The van der Waals surface area contributed by atoms with E-state index in [1.54, 1.807) is 0 Å². The number of hydrogen-bond donors (Lipinski definition) is 1. The molecule has 6 nitrogen and oxygen atoms in total. The Bertz CT molecular complexity index is 623. The summed E-state index contributed by atoms with van der Waals surface area (Å²) in [5.74, 6) is -4.26. The summed E-state index contributed by atoms with van der Waals surface area (Å²) < 4.78 is 51.4. The van der Waals surface area contributed by atoms with Gasteiger partial charge in [0.1, 0.15) is 11.6 Å². The van der Waals surface area contributed by atoms with Crippen LogP contribution >= 0.6 is 0 Å². The van der Waals surface area contributed by atoms with E-state index < -0.39 is 51.5 Å². The molecule has 0 saturated carbocycles. The fourth-order valence-electron chi connectivity index (χ4n) is 1.64. The molecule has 0 radical (unpaired) electrons. The number of piperazine rings is 1. The van der Waals surface area contributed by atoms with Crippen molar-refractivity contribution in [1.29, 1.82) is 0 Å². The lowest BCUT2D eigenvalue weighted by Crippen LogP contribution is -2.53. The molecule has 0 aromatic heterocycles. The average molecular weight is 290 g/mol. The summed E-state index contributed by atoms with van der Waals surface area (Å²) in [6.45, 7) is -1.33. The molecule has 1 saturated heterocycles. The first-order valence-electron chi connectivity index (χ1n) is 5.09. The third-order valence-corrected chi connectivity index (χ3v) is 4.28. The molecule has 0 aliphatic carbocycles. The summed E-state index contributed by atoms with van der Waals surface area (Å²) in [4.78, 5) is 21.0. The van der Waals surface area contributed by atoms with Gasteiger partial charge in [0, 0.05) is 0 Å². The Kier molecular flexibility index (Phi) is 3.33. The molecule has 0 unspecified atom stereocenters. The number of hydrogen-bond acceptors (Lipinski definition) is 4. The van der Waals surface area contributed by atoms with Gasteiger partial charge in [0.15, 0.2) is 4.90 Å². The highest BCUT2D eigenvalue weighted by Gasteiger charge is 2.36. The van der Waals surface area contributed by atoms with Crippen molar-refractivity contribution < 1.29 is 26.8 Å². The molecule has 0 bridgehead atoms. The summed E-state index contributed by atoms with van der Waals surface area (Å²) in [5.41, 5.74) is 0. The number of benzene rings is 1. The summed E-state index contributed by atoms with van der Waals surface area (Å²) in [6.07, 6.45) is 0. The lowest BCUT2D eigenvalue weighted by Gasteiger charge is -2.24. The van der Waals surface area contributed by atoms with Gasteiger partial charge in [-0.1, -0.05) is 6.07 Å². The van der Waals surface area contributed by atoms with Crippen LogP contribution in [0.4, 0.5) is 8.78 Å². The summed E-state index contributed by atoms with van der Waals surface area (Å²) in [6, 6.07) is 2.57. The molecule has 2 rings (SSSR count). The van der Waals surface area contributed by atoms with E-state index in [-0.39, 0.29) is 0 Å². The topological polar surface area (TPSA) is 83.6 Å². The molecule has 19 heavy (non-hydrogen) atoms. The molecule has 1 aliphatic heterocycles. The molecule has 9 heteroatoms. The molecule has 1 aliphatic rings. The summed E-state index contributed by atoms with van der Waals surface area (Å²) >= 11 is 0. The summed E-state index contributed by atoms with van der Waals surface area (Å²) in [7, 11) is -4.59. The number of amides is 2. The van der Waals surface area contributed by atoms with Gasteiger partial charge >= 0.3 is 0 Å². The Labute approximate surface area is 107 Å². The Morgan fingerprint density at radius 2 is 1.53 bits per heavy atom. The average Bonchev–Trinajstić information content (AvgIpc) is 2.26. The highest BCUT2D eigenvalue weighted by molar-refractivity contribution is 7.89. The summed E-state index contributed by atoms with van der Waals surface area (Å²) in [5, 5.41) is 1.89. The van der Waals surface area contributed by atoms with Gasteiger partial charge in [-0.05, 0) is 12.1 Å². The highest BCUT2D eigenvalue weighted by Crippen LogP contribution is 2.22. The predicted octanol–water partition coefficient (Wildman–Crippen LogP) is -0.388. The number of sulfonamides is 1. The Balaban J connectivity index is 2.48. The number of nitrogens with one attached hydrogen (secondary N) is 1. The van der Waals surface area contributed by atoms with E-state index >= 15 is 0 Å². The van der Waals surface area contributed by atoms with E-state index in [1.807, 2.05) is 5.32 Å². The molecule has 1 fully saturated rings. The number of halogens is 2. The van der Waals surface area contributed by atoms with Crippen LogP contribution < -0.4 is 5.32 Å². The van der Waals surface area contributed by atoms with Crippen molar-refractivity contribution in [3.63, 3.8) is 0 Å². The second-order valence-corrected chi connectivity index (χ2v) is 5.67. The van der Waals surface area contributed by atoms with Crippen LogP contribution in [-0.4, -0.2) is 37.6 Å². The smallest absolute Gasteiger partial charge is 0.249 e. The number of carbonyl (C=O) groups excluding carboxylic acids is 2. The molecule has 102 valence electrons. The second-order valence-electron chi connectivity index (χ2n) is 3.80. The standard InChI is InChI=1S/C10H8F2N2O4S/c11-6-2-1-3-7(12)10(6)19(17,18)14-4-8(15)13-9(16)5-14/h1-3H,4-5H2,(H,13,15,16). The maximum absolute atomic E-state index is 13.5. The predicted molar refractivity (Wildman–Crippen MR) is 58.3 cm³/mol. The normalized spacial score (nSPS) is 17.4. The molecule has 2 amide bonds. The van der Waals surface area contributed by atoms with Crippen molar-refractivity contribution in [2.45, 2.75) is 4.90 Å². The highest BCUT2D eigenvalue weighted by atomic mass is 32.2. The van der Waals surface area contributed by atoms with E-state index in [0.29, 0.717) is 4.31 Å². The largest absolute Gasteiger partial charge is 0.294 e. The first-order valence-corrected chi connectivity index (χ1v) is 6.53. The molecule has 1 aromatic carbocycles. The number of rotatable bonds is 2. The molecule has 1 aromatic rings. The quantitative estimate of drug-likeness (QED) is 0.752. The number of carbonyl (C=O) groups is 2. The van der Waals surface area contributed by atoms with Gasteiger partial charge in [-0.2, -0.15) is 4.31 Å². The van der Waals surface area contributed by atoms with Crippen LogP contribution in [0.1, 0.15) is 0 Å². The zero-order chi connectivity index (χ0) is 14.2. The monoisotopic (exact) mass is 290 g/mol. The van der Waals surface area contributed by atoms with Crippen LogP contribution in [-0.2, 0) is 19.6 Å². The first-order chi connectivity index (χ1) is 8.82. The van der Waals surface area contributed by atoms with Crippen molar-refractivity contribution in [3.8, 4) is 0 Å². The minimum absolute atomic E-state index is 0.426. The van der Waals surface area contributed by atoms with E-state index in [4.69, 9.17) is 0 Å². The maximum Gasteiger partial charge on any atom is 0.249 e. The zero-order valence-electron chi connectivity index (χ0n) is 9.39. The van der Waals surface area contributed by atoms with E-state index in [0.717, 1.165) is 18.2 Å². The number of nitrogens with zero attached hydrogens (tertiary/aromatic N) is 1. The van der Waals surface area contributed by atoms with E-state index in [9.17, 15) is 26.8 Å². The third-order valence-electron chi connectivity index (χ3n) is 2.44.